The summed E-state index contributed by atoms with van der Waals surface area (Å²) < 4.78 is 0. The van der Waals surface area contributed by atoms with E-state index < -0.39 is 0 Å². The zero-order valence-electron chi connectivity index (χ0n) is 11.4. The van der Waals surface area contributed by atoms with E-state index in [-0.39, 0.29) is 0 Å². The Kier molecular flexibility index (Phi) is 6.93. The minimum Gasteiger partial charge on any atom is -0.361 e. The maximum Gasteiger partial charge on any atom is 0.181 e. The zero-order chi connectivity index (χ0) is 14.2. The molecule has 0 amide bonds. The summed E-state index contributed by atoms with van der Waals surface area (Å²) in [7, 11) is 0. The van der Waals surface area contributed by atoms with Gasteiger partial charge in [0.1, 0.15) is 0 Å². The molecule has 1 fully saturated rings. The van der Waals surface area contributed by atoms with Crippen LogP contribution >= 0.6 is 35.6 Å². The fourth-order valence-electron chi connectivity index (χ4n) is 2.05. The number of hydrogen-bond acceptors (Lipinski definition) is 3. The van der Waals surface area contributed by atoms with E-state index in [2.05, 4.69) is 15.8 Å². The molecule has 0 unspecified atom stereocenters. The van der Waals surface area contributed by atoms with E-state index in [9.17, 15) is 0 Å². The minimum absolute atomic E-state index is 0.726. The van der Waals surface area contributed by atoms with Crippen molar-refractivity contribution >= 4 is 40.7 Å². The number of thioether (sulfide) groups is 1. The monoisotopic (exact) mass is 329 g/mol. The molecule has 1 aliphatic rings. The third-order valence-corrected chi connectivity index (χ3v) is 4.59. The van der Waals surface area contributed by atoms with E-state index in [4.69, 9.17) is 23.8 Å². The molecule has 0 aromatic heterocycles. The molecule has 1 aromatic rings. The van der Waals surface area contributed by atoms with E-state index in [0.29, 0.717) is 0 Å². The van der Waals surface area contributed by atoms with Crippen molar-refractivity contribution in [2.45, 2.75) is 24.2 Å². The Bertz CT molecular complexity index is 419. The van der Waals surface area contributed by atoms with Crippen LogP contribution in [0.15, 0.2) is 29.2 Å². The van der Waals surface area contributed by atoms with E-state index in [0.717, 1.165) is 35.5 Å². The van der Waals surface area contributed by atoms with Gasteiger partial charge in [-0.05, 0) is 49.3 Å². The highest BCUT2D eigenvalue weighted by molar-refractivity contribution is 7.99. The van der Waals surface area contributed by atoms with Gasteiger partial charge in [0.2, 0.25) is 0 Å². The van der Waals surface area contributed by atoms with Crippen molar-refractivity contribution in [2.75, 3.05) is 25.4 Å². The predicted octanol–water partition coefficient (Wildman–Crippen LogP) is 3.30. The normalized spacial score (nSPS) is 15.8. The van der Waals surface area contributed by atoms with E-state index in [1.54, 1.807) is 11.8 Å². The first-order chi connectivity index (χ1) is 9.74. The second-order valence-electron chi connectivity index (χ2n) is 4.72. The molecular formula is C14H20ClN3S2. The van der Waals surface area contributed by atoms with Crippen LogP contribution in [0.5, 0.6) is 0 Å². The Hall–Kier alpha value is -0.490. The lowest BCUT2D eigenvalue weighted by Crippen LogP contribution is -2.49. The molecular weight excluding hydrogens is 310 g/mol. The van der Waals surface area contributed by atoms with Gasteiger partial charge in [0, 0.05) is 35.3 Å². The molecule has 0 saturated carbocycles. The number of nitrogens with zero attached hydrogens (tertiary/aromatic N) is 1. The van der Waals surface area contributed by atoms with Gasteiger partial charge >= 0.3 is 0 Å². The molecule has 2 N–H and O–H groups in total. The quantitative estimate of drug-likeness (QED) is 0.491. The van der Waals surface area contributed by atoms with Gasteiger partial charge in [0.25, 0.3) is 0 Å². The molecule has 1 aliphatic heterocycles. The Morgan fingerprint density at radius 1 is 1.20 bits per heavy atom. The molecule has 110 valence electrons. The van der Waals surface area contributed by atoms with Crippen LogP contribution in [-0.4, -0.2) is 35.5 Å². The third-order valence-electron chi connectivity index (χ3n) is 3.09. The number of benzene rings is 1. The maximum absolute atomic E-state index is 5.86. The first-order valence-corrected chi connectivity index (χ1v) is 8.69. The average molecular weight is 330 g/mol. The van der Waals surface area contributed by atoms with Crippen molar-refractivity contribution in [3.63, 3.8) is 0 Å². The number of hydrogen-bond donors (Lipinski definition) is 2. The van der Waals surface area contributed by atoms with Gasteiger partial charge < -0.3 is 5.32 Å². The van der Waals surface area contributed by atoms with E-state index >= 15 is 0 Å². The number of hydrazine groups is 1. The summed E-state index contributed by atoms with van der Waals surface area (Å²) >= 11 is 12.9. The first kappa shape index (κ1) is 15.9. The third kappa shape index (κ3) is 5.87. The van der Waals surface area contributed by atoms with E-state index in [1.807, 2.05) is 24.3 Å². The Labute approximate surface area is 135 Å². The summed E-state index contributed by atoms with van der Waals surface area (Å²) in [6.45, 7) is 3.02. The largest absolute Gasteiger partial charge is 0.361 e. The second-order valence-corrected chi connectivity index (χ2v) is 6.73. The van der Waals surface area contributed by atoms with Gasteiger partial charge in [-0.25, -0.2) is 5.01 Å². The molecule has 6 heteroatoms. The molecule has 2 rings (SSSR count). The number of rotatable bonds is 5. The number of halogens is 1. The lowest BCUT2D eigenvalue weighted by molar-refractivity contribution is 0.194. The van der Waals surface area contributed by atoms with Crippen LogP contribution in [0.2, 0.25) is 5.02 Å². The van der Waals surface area contributed by atoms with Crippen LogP contribution in [-0.2, 0) is 0 Å². The topological polar surface area (TPSA) is 27.3 Å². The highest BCUT2D eigenvalue weighted by atomic mass is 35.5. The molecule has 3 nitrogen and oxygen atoms in total. The lowest BCUT2D eigenvalue weighted by Gasteiger charge is -2.28. The first-order valence-electron chi connectivity index (χ1n) is 6.92. The van der Waals surface area contributed by atoms with Crippen LogP contribution in [0.3, 0.4) is 0 Å². The predicted molar refractivity (Wildman–Crippen MR) is 91.3 cm³/mol. The summed E-state index contributed by atoms with van der Waals surface area (Å²) in [6, 6.07) is 7.91. The number of nitrogens with one attached hydrogen (secondary N) is 2. The highest BCUT2D eigenvalue weighted by Crippen LogP contribution is 2.19. The van der Waals surface area contributed by atoms with Crippen molar-refractivity contribution in [2.24, 2.45) is 0 Å². The molecule has 0 spiro atoms. The van der Waals surface area contributed by atoms with Crippen molar-refractivity contribution < 1.29 is 0 Å². The summed E-state index contributed by atoms with van der Waals surface area (Å²) in [5, 5.41) is 6.95. The van der Waals surface area contributed by atoms with Crippen LogP contribution in [0.25, 0.3) is 0 Å². The van der Waals surface area contributed by atoms with Gasteiger partial charge in [-0.1, -0.05) is 18.0 Å². The summed E-state index contributed by atoms with van der Waals surface area (Å²) in [5.41, 5.74) is 3.25. The van der Waals surface area contributed by atoms with Gasteiger partial charge in [0.05, 0.1) is 0 Å². The molecule has 0 bridgehead atoms. The maximum atomic E-state index is 5.86. The van der Waals surface area contributed by atoms with Crippen LogP contribution in [0.4, 0.5) is 0 Å². The molecule has 1 saturated heterocycles. The molecule has 0 radical (unpaired) electrons. The van der Waals surface area contributed by atoms with Crippen molar-refractivity contribution in [3.05, 3.63) is 29.3 Å². The summed E-state index contributed by atoms with van der Waals surface area (Å²) in [5.74, 6) is 0.976. The van der Waals surface area contributed by atoms with Gasteiger partial charge in [0.15, 0.2) is 5.11 Å². The average Bonchev–Trinajstić information content (AvgIpc) is 2.46. The Morgan fingerprint density at radius 3 is 2.60 bits per heavy atom. The smallest absolute Gasteiger partial charge is 0.181 e. The molecule has 1 aromatic carbocycles. The molecule has 20 heavy (non-hydrogen) atoms. The summed E-state index contributed by atoms with van der Waals surface area (Å²) in [6.07, 6.45) is 3.83. The van der Waals surface area contributed by atoms with E-state index in [1.165, 1.54) is 24.2 Å². The van der Waals surface area contributed by atoms with Gasteiger partial charge in [-0.2, -0.15) is 0 Å². The zero-order valence-corrected chi connectivity index (χ0v) is 13.8. The standard InChI is InChI=1S/C14H20ClN3S2/c15-12-4-6-13(7-5-12)20-11-8-16-14(19)17-18-9-2-1-3-10-18/h4-7H,1-3,8-11H2,(H2,16,17,19). The Balaban J connectivity index is 1.58. The van der Waals surface area contributed by atoms with Crippen LogP contribution in [0.1, 0.15) is 19.3 Å². The van der Waals surface area contributed by atoms with Crippen molar-refractivity contribution in [1.29, 1.82) is 0 Å². The number of piperidine rings is 1. The van der Waals surface area contributed by atoms with Gasteiger partial charge in [-0.3, -0.25) is 5.43 Å². The van der Waals surface area contributed by atoms with Gasteiger partial charge in [-0.15, -0.1) is 11.8 Å². The second kappa shape index (κ2) is 8.72. The lowest BCUT2D eigenvalue weighted by atomic mass is 10.2. The van der Waals surface area contributed by atoms with Crippen LogP contribution in [0, 0.1) is 0 Å². The molecule has 0 atom stereocenters. The van der Waals surface area contributed by atoms with Crippen LogP contribution < -0.4 is 10.7 Å². The molecule has 1 heterocycles. The molecule has 0 aliphatic carbocycles. The number of thiocarbonyl (C=S) groups is 1. The fraction of sp³-hybridized carbons (Fsp3) is 0.500. The Morgan fingerprint density at radius 2 is 1.90 bits per heavy atom. The van der Waals surface area contributed by atoms with Crippen molar-refractivity contribution in [3.8, 4) is 0 Å². The van der Waals surface area contributed by atoms with Crippen molar-refractivity contribution in [1.82, 2.24) is 15.8 Å². The SMILES string of the molecule is S=C(NCCSc1ccc(Cl)cc1)NN1CCCCC1. The highest BCUT2D eigenvalue weighted by Gasteiger charge is 2.10. The minimum atomic E-state index is 0.726. The fourth-order valence-corrected chi connectivity index (χ4v) is 3.18. The summed E-state index contributed by atoms with van der Waals surface area (Å²) in [4.78, 5) is 1.23.